The van der Waals surface area contributed by atoms with Gasteiger partial charge in [-0.25, -0.2) is 4.79 Å². The van der Waals surface area contributed by atoms with E-state index in [4.69, 9.17) is 0 Å². The second-order valence-electron chi connectivity index (χ2n) is 4.66. The van der Waals surface area contributed by atoms with E-state index < -0.39 is 5.54 Å². The Morgan fingerprint density at radius 1 is 1.30 bits per heavy atom. The summed E-state index contributed by atoms with van der Waals surface area (Å²) in [6, 6.07) is -0.341. The lowest BCUT2D eigenvalue weighted by molar-refractivity contribution is -0.143. The third-order valence-corrected chi connectivity index (χ3v) is 4.11. The van der Waals surface area contributed by atoms with Gasteiger partial charge in [-0.15, -0.1) is 0 Å². The van der Waals surface area contributed by atoms with Crippen LogP contribution < -0.4 is 10.6 Å². The second kappa shape index (κ2) is 8.14. The zero-order valence-corrected chi connectivity index (χ0v) is 12.8. The molecule has 2 saturated heterocycles. The molecule has 20 heavy (non-hydrogen) atoms. The van der Waals surface area contributed by atoms with Crippen LogP contribution in [0.4, 0.5) is 4.79 Å². The fourth-order valence-corrected chi connectivity index (χ4v) is 3.23. The van der Waals surface area contributed by atoms with Gasteiger partial charge in [0.15, 0.2) is 0 Å². The number of hydrogen-bond donors (Lipinski definition) is 2. The van der Waals surface area contributed by atoms with Crippen LogP contribution in [0.1, 0.15) is 39.5 Å². The molecule has 0 unspecified atom stereocenters. The molecular weight excluding hydrogens is 280 g/mol. The maximum atomic E-state index is 11.4. The quantitative estimate of drug-likeness (QED) is 0.609. The van der Waals surface area contributed by atoms with Gasteiger partial charge in [-0.2, -0.15) is 11.8 Å². The molecule has 0 aromatic rings. The smallest absolute Gasteiger partial charge is 0.322 e. The molecule has 0 aliphatic carbocycles. The van der Waals surface area contributed by atoms with Gasteiger partial charge in [-0.3, -0.25) is 14.9 Å². The maximum Gasteiger partial charge on any atom is 0.322 e. The highest BCUT2D eigenvalue weighted by atomic mass is 32.2. The van der Waals surface area contributed by atoms with Gasteiger partial charge >= 0.3 is 12.0 Å². The minimum Gasteiger partial charge on any atom is -0.466 e. The number of carbonyl (C=O) groups excluding carboxylic acids is 3. The summed E-state index contributed by atoms with van der Waals surface area (Å²) >= 11 is 1.83. The largest absolute Gasteiger partial charge is 0.466 e. The van der Waals surface area contributed by atoms with E-state index in [0.29, 0.717) is 13.0 Å². The van der Waals surface area contributed by atoms with Crippen LogP contribution in [0, 0.1) is 0 Å². The Kier molecular flexibility index (Phi) is 6.84. The maximum absolute atomic E-state index is 11.4. The Bertz CT molecular complexity index is 359. The summed E-state index contributed by atoms with van der Waals surface area (Å²) in [7, 11) is 0. The summed E-state index contributed by atoms with van der Waals surface area (Å²) in [5.41, 5.74) is -0.567. The average Bonchev–Trinajstić information content (AvgIpc) is 2.66. The van der Waals surface area contributed by atoms with Crippen molar-refractivity contribution in [3.05, 3.63) is 0 Å². The summed E-state index contributed by atoms with van der Waals surface area (Å²) in [6.07, 6.45) is 2.94. The van der Waals surface area contributed by atoms with Gasteiger partial charge in [0.2, 0.25) is 0 Å². The van der Waals surface area contributed by atoms with Crippen molar-refractivity contribution in [2.75, 3.05) is 18.1 Å². The van der Waals surface area contributed by atoms with Crippen LogP contribution in [0.5, 0.6) is 0 Å². The highest BCUT2D eigenvalue weighted by molar-refractivity contribution is 7.99. The van der Waals surface area contributed by atoms with Crippen molar-refractivity contribution >= 4 is 29.7 Å². The highest BCUT2D eigenvalue weighted by Crippen LogP contribution is 2.29. The standard InChI is InChI=1S/C7H10N2O2S.C6H12O2/c10-5-7(9-6(11)8-5)1-3-12-4-2-7;1-3-5-6(7)8-4-2/h1-4H2,(H2,8,9,10,11);3-5H2,1-2H3. The van der Waals surface area contributed by atoms with Crippen molar-refractivity contribution in [1.82, 2.24) is 10.6 Å². The first-order chi connectivity index (χ1) is 9.54. The van der Waals surface area contributed by atoms with Crippen molar-refractivity contribution in [3.63, 3.8) is 0 Å². The summed E-state index contributed by atoms with van der Waals surface area (Å²) in [6.45, 7) is 4.27. The Morgan fingerprint density at radius 2 is 1.95 bits per heavy atom. The molecule has 114 valence electrons. The van der Waals surface area contributed by atoms with E-state index in [1.807, 2.05) is 25.6 Å². The van der Waals surface area contributed by atoms with E-state index >= 15 is 0 Å². The van der Waals surface area contributed by atoms with E-state index in [0.717, 1.165) is 30.8 Å². The van der Waals surface area contributed by atoms with Gasteiger partial charge in [0.1, 0.15) is 5.54 Å². The molecule has 2 aliphatic rings. The van der Waals surface area contributed by atoms with Crippen LogP contribution in [0.3, 0.4) is 0 Å². The van der Waals surface area contributed by atoms with Gasteiger partial charge in [0.25, 0.3) is 5.91 Å². The van der Waals surface area contributed by atoms with Crippen molar-refractivity contribution in [2.24, 2.45) is 0 Å². The molecular formula is C13H22N2O4S. The van der Waals surface area contributed by atoms with Crippen LogP contribution in [-0.2, 0) is 14.3 Å². The average molecular weight is 302 g/mol. The molecule has 0 saturated carbocycles. The molecule has 2 fully saturated rings. The topological polar surface area (TPSA) is 84.5 Å². The van der Waals surface area contributed by atoms with Crippen molar-refractivity contribution in [2.45, 2.75) is 45.1 Å². The number of esters is 1. The van der Waals surface area contributed by atoms with Crippen LogP contribution in [0.2, 0.25) is 0 Å². The number of hydrogen-bond acceptors (Lipinski definition) is 5. The molecule has 6 nitrogen and oxygen atoms in total. The molecule has 2 N–H and O–H groups in total. The van der Waals surface area contributed by atoms with E-state index in [2.05, 4.69) is 15.4 Å². The molecule has 2 heterocycles. The third-order valence-electron chi connectivity index (χ3n) is 3.12. The van der Waals surface area contributed by atoms with Gasteiger partial charge in [-0.1, -0.05) is 6.92 Å². The van der Waals surface area contributed by atoms with Crippen molar-refractivity contribution in [1.29, 1.82) is 0 Å². The van der Waals surface area contributed by atoms with E-state index in [1.165, 1.54) is 0 Å². The molecule has 0 aromatic heterocycles. The number of ether oxygens (including phenoxy) is 1. The molecule has 1 spiro atoms. The lowest BCUT2D eigenvalue weighted by Crippen LogP contribution is -2.49. The van der Waals surface area contributed by atoms with Crippen LogP contribution in [0.25, 0.3) is 0 Å². The molecule has 2 aliphatic heterocycles. The van der Waals surface area contributed by atoms with E-state index in [-0.39, 0.29) is 17.9 Å². The number of urea groups is 1. The summed E-state index contributed by atoms with van der Waals surface area (Å²) < 4.78 is 4.64. The predicted molar refractivity (Wildman–Crippen MR) is 77.5 cm³/mol. The third kappa shape index (κ3) is 4.70. The number of carbonyl (C=O) groups is 3. The predicted octanol–water partition coefficient (Wildman–Crippen LogP) is 1.44. The van der Waals surface area contributed by atoms with E-state index in [1.54, 1.807) is 0 Å². The summed E-state index contributed by atoms with van der Waals surface area (Å²) in [5, 5.41) is 4.99. The SMILES string of the molecule is CCCC(=O)OCC.O=C1NC(=O)C2(CCSCC2)N1. The number of imide groups is 1. The monoisotopic (exact) mass is 302 g/mol. The van der Waals surface area contributed by atoms with Gasteiger partial charge in [0.05, 0.1) is 6.61 Å². The number of thioether (sulfide) groups is 1. The van der Waals surface area contributed by atoms with Crippen LogP contribution in [0.15, 0.2) is 0 Å². The minimum atomic E-state index is -0.567. The molecule has 7 heteroatoms. The molecule has 0 aromatic carbocycles. The highest BCUT2D eigenvalue weighted by Gasteiger charge is 2.46. The summed E-state index contributed by atoms with van der Waals surface area (Å²) in [4.78, 5) is 32.7. The number of nitrogens with one attached hydrogen (secondary N) is 2. The first-order valence-electron chi connectivity index (χ1n) is 6.91. The molecule has 0 radical (unpaired) electrons. The Morgan fingerprint density at radius 3 is 2.40 bits per heavy atom. The molecule has 2 rings (SSSR count). The first-order valence-corrected chi connectivity index (χ1v) is 8.06. The van der Waals surface area contributed by atoms with Gasteiger partial charge < -0.3 is 10.1 Å². The Balaban J connectivity index is 0.000000221. The number of amides is 3. The second-order valence-corrected chi connectivity index (χ2v) is 5.88. The normalized spacial score (nSPS) is 19.7. The van der Waals surface area contributed by atoms with Crippen LogP contribution >= 0.6 is 11.8 Å². The Labute approximate surface area is 123 Å². The first kappa shape index (κ1) is 16.8. The van der Waals surface area contributed by atoms with E-state index in [9.17, 15) is 14.4 Å². The van der Waals surface area contributed by atoms with Crippen LogP contribution in [-0.4, -0.2) is 41.6 Å². The lowest BCUT2D eigenvalue weighted by Gasteiger charge is -2.29. The molecule has 0 atom stereocenters. The van der Waals surface area contributed by atoms with Gasteiger partial charge in [0, 0.05) is 6.42 Å². The van der Waals surface area contributed by atoms with Crippen molar-refractivity contribution < 1.29 is 19.1 Å². The minimum absolute atomic E-state index is 0.0880. The fourth-order valence-electron chi connectivity index (χ4n) is 2.04. The van der Waals surface area contributed by atoms with Crippen molar-refractivity contribution in [3.8, 4) is 0 Å². The lowest BCUT2D eigenvalue weighted by atomic mass is 9.93. The van der Waals surface area contributed by atoms with Gasteiger partial charge in [-0.05, 0) is 37.7 Å². The molecule has 0 bridgehead atoms. The zero-order chi connectivity index (χ0) is 15.0. The summed E-state index contributed by atoms with van der Waals surface area (Å²) in [5.74, 6) is 1.67. The Hall–Kier alpha value is -1.24. The number of rotatable bonds is 3. The zero-order valence-electron chi connectivity index (χ0n) is 12.0. The fraction of sp³-hybridized carbons (Fsp3) is 0.769. The molecule has 3 amide bonds.